The van der Waals surface area contributed by atoms with E-state index in [1.165, 1.54) is 43.5 Å². The van der Waals surface area contributed by atoms with E-state index in [9.17, 15) is 14.4 Å². The molecule has 1 aromatic heterocycles. The molecule has 0 radical (unpaired) electrons. The molecule has 0 saturated heterocycles. The van der Waals surface area contributed by atoms with Crippen LogP contribution in [0.5, 0.6) is 5.75 Å². The number of ether oxygens (including phenoxy) is 1. The minimum Gasteiger partial charge on any atom is -0.497 e. The number of carbonyl (C=O) groups is 3. The topological polar surface area (TPSA) is 131 Å². The third kappa shape index (κ3) is 5.86. The Bertz CT molecular complexity index is 1270. The lowest BCUT2D eigenvalue weighted by molar-refractivity contribution is 0.0696. The van der Waals surface area contributed by atoms with Gasteiger partial charge in [0.2, 0.25) is 0 Å². The summed E-state index contributed by atoms with van der Waals surface area (Å²) in [6.45, 7) is -4.68. The molecule has 0 bridgehead atoms. The van der Waals surface area contributed by atoms with Crippen LogP contribution in [0.3, 0.4) is 0 Å². The number of carboxylic acids is 1. The van der Waals surface area contributed by atoms with Crippen LogP contribution < -0.4 is 15.4 Å². The number of methoxy groups -OCH3 is 1. The number of aromatic carboxylic acids is 1. The largest absolute Gasteiger partial charge is 0.497 e. The second-order valence-corrected chi connectivity index (χ2v) is 6.06. The minimum atomic E-state index is -2.38. The maximum atomic E-state index is 12.6. The number of nitrogens with one attached hydrogen (secondary N) is 2. The molecular formula is C22H20N4O5. The fourth-order valence-corrected chi connectivity index (χ4v) is 2.39. The van der Waals surface area contributed by atoms with Gasteiger partial charge in [0.1, 0.15) is 23.5 Å². The van der Waals surface area contributed by atoms with Gasteiger partial charge >= 0.3 is 5.97 Å². The van der Waals surface area contributed by atoms with Gasteiger partial charge in [-0.1, -0.05) is 24.3 Å². The maximum absolute atomic E-state index is 12.6. The Morgan fingerprint density at radius 1 is 0.935 bits per heavy atom. The van der Waals surface area contributed by atoms with Crippen LogP contribution in [0.4, 0.5) is 0 Å². The molecule has 3 N–H and O–H groups in total. The van der Waals surface area contributed by atoms with Gasteiger partial charge in [-0.15, -0.1) is 0 Å². The molecule has 2 aromatic carbocycles. The first kappa shape index (κ1) is 16.5. The van der Waals surface area contributed by atoms with Gasteiger partial charge in [-0.25, -0.2) is 14.8 Å². The van der Waals surface area contributed by atoms with E-state index in [-0.39, 0.29) is 28.1 Å². The number of hydrogen-bond acceptors (Lipinski definition) is 6. The van der Waals surface area contributed by atoms with Crippen molar-refractivity contribution in [1.29, 1.82) is 0 Å². The van der Waals surface area contributed by atoms with Gasteiger partial charge in [-0.05, 0) is 35.4 Å². The Morgan fingerprint density at radius 2 is 1.55 bits per heavy atom. The normalized spacial score (nSPS) is 13.1. The number of aromatic nitrogens is 2. The zero-order valence-electron chi connectivity index (χ0n) is 20.2. The van der Waals surface area contributed by atoms with E-state index in [4.69, 9.17) is 15.3 Å². The molecule has 31 heavy (non-hydrogen) atoms. The lowest BCUT2D eigenvalue weighted by Crippen LogP contribution is -2.27. The summed E-state index contributed by atoms with van der Waals surface area (Å²) in [5, 5.41) is 13.3. The Labute approximate surface area is 183 Å². The zero-order valence-corrected chi connectivity index (χ0v) is 16.2. The predicted octanol–water partition coefficient (Wildman–Crippen LogP) is 2.04. The molecule has 3 aromatic rings. The Balaban J connectivity index is 1.75. The Hall–Kier alpha value is -4.27. The van der Waals surface area contributed by atoms with Crippen molar-refractivity contribution < 1.29 is 29.7 Å². The van der Waals surface area contributed by atoms with Crippen LogP contribution in [0.25, 0.3) is 0 Å². The summed E-state index contributed by atoms with van der Waals surface area (Å²) < 4.78 is 37.7. The van der Waals surface area contributed by atoms with E-state index >= 15 is 0 Å². The van der Waals surface area contributed by atoms with Gasteiger partial charge in [-0.3, -0.25) is 9.59 Å². The predicted molar refractivity (Wildman–Crippen MR) is 111 cm³/mol. The number of amides is 2. The fraction of sp³-hybridized carbons (Fsp3) is 0.136. The van der Waals surface area contributed by atoms with Gasteiger partial charge in [0.05, 0.1) is 18.2 Å². The molecule has 3 rings (SSSR count). The zero-order chi connectivity index (χ0) is 25.8. The van der Waals surface area contributed by atoms with E-state index in [0.717, 1.165) is 12.4 Å². The highest BCUT2D eigenvalue weighted by Crippen LogP contribution is 2.12. The molecule has 0 aliphatic carbocycles. The van der Waals surface area contributed by atoms with Crippen LogP contribution >= 0.6 is 0 Å². The molecule has 0 spiro atoms. The Morgan fingerprint density at radius 3 is 2.13 bits per heavy atom. The van der Waals surface area contributed by atoms with Crippen molar-refractivity contribution in [1.82, 2.24) is 20.6 Å². The summed E-state index contributed by atoms with van der Waals surface area (Å²) in [7, 11) is 1.42. The summed E-state index contributed by atoms with van der Waals surface area (Å²) in [5.41, 5.74) is -0.578. The van der Waals surface area contributed by atoms with Gasteiger partial charge in [0, 0.05) is 19.1 Å². The lowest BCUT2D eigenvalue weighted by Gasteiger charge is -2.08. The average Bonchev–Trinajstić information content (AvgIpc) is 2.83. The van der Waals surface area contributed by atoms with Crippen molar-refractivity contribution in [2.75, 3.05) is 7.11 Å². The minimum absolute atomic E-state index is 0.00522. The molecular weight excluding hydrogens is 400 g/mol. The highest BCUT2D eigenvalue weighted by atomic mass is 16.5. The standard InChI is InChI=1S/C22H20N4O5/c1-31-17-4-2-3-15(9-17)12-24-21(28)19-10-18(25-13-26-19)20(27)23-11-14-5-7-16(8-6-14)22(29)30/h2-10,13H,11-12H2,1H3,(H,23,27)(H,24,28)(H,29,30)/i11D2,12D2. The summed E-state index contributed by atoms with van der Waals surface area (Å²) in [5.74, 6) is -2.68. The van der Waals surface area contributed by atoms with Crippen LogP contribution in [0.15, 0.2) is 60.9 Å². The van der Waals surface area contributed by atoms with Gasteiger partial charge in [-0.2, -0.15) is 0 Å². The van der Waals surface area contributed by atoms with E-state index in [2.05, 4.69) is 20.6 Å². The third-order valence-electron chi connectivity index (χ3n) is 3.97. The highest BCUT2D eigenvalue weighted by Gasteiger charge is 2.13. The third-order valence-corrected chi connectivity index (χ3v) is 3.97. The van der Waals surface area contributed by atoms with Crippen molar-refractivity contribution in [2.45, 2.75) is 13.0 Å². The smallest absolute Gasteiger partial charge is 0.335 e. The number of carboxylic acid groups (broad SMARTS) is 1. The molecule has 9 heteroatoms. The number of benzene rings is 2. The summed E-state index contributed by atoms with van der Waals surface area (Å²) in [4.78, 5) is 43.7. The van der Waals surface area contributed by atoms with Crippen molar-refractivity contribution >= 4 is 17.8 Å². The first-order chi connectivity index (χ1) is 16.4. The number of carbonyl (C=O) groups excluding carboxylic acids is 2. The molecule has 0 atom stereocenters. The van der Waals surface area contributed by atoms with Crippen molar-refractivity contribution in [2.24, 2.45) is 0 Å². The van der Waals surface area contributed by atoms with Gasteiger partial charge in [0.15, 0.2) is 0 Å². The van der Waals surface area contributed by atoms with E-state index < -0.39 is 30.8 Å². The molecule has 1 heterocycles. The van der Waals surface area contributed by atoms with Crippen molar-refractivity contribution in [3.63, 3.8) is 0 Å². The molecule has 2 amide bonds. The lowest BCUT2D eigenvalue weighted by atomic mass is 10.1. The molecule has 0 aliphatic heterocycles. The summed E-state index contributed by atoms with van der Waals surface area (Å²) in [6.07, 6.45) is 0.919. The van der Waals surface area contributed by atoms with Crippen LogP contribution in [-0.2, 0) is 13.0 Å². The van der Waals surface area contributed by atoms with Crippen molar-refractivity contribution in [3.05, 3.63) is 89.0 Å². The Kier molecular flexibility index (Phi) is 5.31. The SMILES string of the molecule is [2H]C([2H])(NC(=O)c1cc(C(=O)NC([2H])([2H])c2cccc(OC)c2)ncn1)c1ccc(C(=O)O)cc1. The monoisotopic (exact) mass is 424 g/mol. The molecule has 0 unspecified atom stereocenters. The second kappa shape index (κ2) is 9.97. The van der Waals surface area contributed by atoms with Crippen LogP contribution in [0.1, 0.15) is 47.9 Å². The number of hydrogen-bond donors (Lipinski definition) is 3. The molecule has 158 valence electrons. The van der Waals surface area contributed by atoms with E-state index in [1.54, 1.807) is 12.1 Å². The summed E-state index contributed by atoms with van der Waals surface area (Å²) in [6, 6.07) is 11.9. The quantitative estimate of drug-likeness (QED) is 0.504. The first-order valence-electron chi connectivity index (χ1n) is 10.9. The van der Waals surface area contributed by atoms with Crippen LogP contribution in [0.2, 0.25) is 0 Å². The average molecular weight is 424 g/mol. The molecule has 0 aliphatic rings. The first-order valence-corrected chi connectivity index (χ1v) is 8.88. The van der Waals surface area contributed by atoms with Crippen LogP contribution in [-0.4, -0.2) is 40.0 Å². The summed E-state index contributed by atoms with van der Waals surface area (Å²) >= 11 is 0. The van der Waals surface area contributed by atoms with Gasteiger partial charge in [0.25, 0.3) is 11.8 Å². The number of nitrogens with zero attached hydrogens (tertiary/aromatic N) is 2. The van der Waals surface area contributed by atoms with Crippen molar-refractivity contribution in [3.8, 4) is 5.75 Å². The van der Waals surface area contributed by atoms with Crippen LogP contribution in [0, 0.1) is 0 Å². The molecule has 9 nitrogen and oxygen atoms in total. The second-order valence-electron chi connectivity index (χ2n) is 6.06. The molecule has 0 saturated carbocycles. The highest BCUT2D eigenvalue weighted by molar-refractivity contribution is 5.97. The fourth-order valence-electron chi connectivity index (χ4n) is 2.39. The van der Waals surface area contributed by atoms with Gasteiger partial charge < -0.3 is 20.5 Å². The number of rotatable bonds is 8. The van der Waals surface area contributed by atoms with E-state index in [1.807, 2.05) is 0 Å². The van der Waals surface area contributed by atoms with E-state index in [0.29, 0.717) is 5.75 Å². The maximum Gasteiger partial charge on any atom is 0.335 e. The molecule has 0 fully saturated rings.